The molecular formula is C16H16F3NO2S. The fourth-order valence-electron chi connectivity index (χ4n) is 1.99. The molecule has 23 heavy (non-hydrogen) atoms. The van der Waals surface area contributed by atoms with Crippen LogP contribution in [0.1, 0.15) is 30.9 Å². The van der Waals surface area contributed by atoms with Crippen LogP contribution in [0.3, 0.4) is 0 Å². The van der Waals surface area contributed by atoms with E-state index in [9.17, 15) is 21.6 Å². The van der Waals surface area contributed by atoms with E-state index in [1.54, 1.807) is 12.1 Å². The summed E-state index contributed by atoms with van der Waals surface area (Å²) in [5.74, 6) is -4.08. The lowest BCUT2D eigenvalue weighted by molar-refractivity contribution is 0.440. The van der Waals surface area contributed by atoms with E-state index in [4.69, 9.17) is 0 Å². The maximum atomic E-state index is 13.5. The Balaban J connectivity index is 2.17. The number of hydrogen-bond donors (Lipinski definition) is 1. The third-order valence-electron chi connectivity index (χ3n) is 3.42. The van der Waals surface area contributed by atoms with Gasteiger partial charge in [-0.05, 0) is 29.7 Å². The van der Waals surface area contributed by atoms with Crippen LogP contribution in [-0.4, -0.2) is 8.42 Å². The Bertz CT molecular complexity index is 803. The minimum atomic E-state index is -3.87. The average Bonchev–Trinajstić information content (AvgIpc) is 2.52. The second-order valence-corrected chi connectivity index (χ2v) is 7.15. The molecule has 0 amide bonds. The fraction of sp³-hybridized carbons (Fsp3) is 0.250. The van der Waals surface area contributed by atoms with Gasteiger partial charge in [0.25, 0.3) is 0 Å². The molecule has 0 radical (unpaired) electrons. The minimum Gasteiger partial charge on any atom is -0.207 e. The molecule has 0 saturated carbocycles. The van der Waals surface area contributed by atoms with E-state index in [0.29, 0.717) is 0 Å². The third-order valence-corrected chi connectivity index (χ3v) is 4.84. The van der Waals surface area contributed by atoms with Gasteiger partial charge in [0.05, 0.1) is 4.90 Å². The lowest BCUT2D eigenvalue weighted by atomic mass is 10.0. The SMILES string of the molecule is CC(C)c1ccc(S(=O)(=O)NCc2ccc(F)c(F)c2F)cc1. The van der Waals surface area contributed by atoms with Gasteiger partial charge >= 0.3 is 0 Å². The van der Waals surface area contributed by atoms with Crippen LogP contribution in [0.4, 0.5) is 13.2 Å². The summed E-state index contributed by atoms with van der Waals surface area (Å²) in [4.78, 5) is 0.0184. The van der Waals surface area contributed by atoms with Gasteiger partial charge in [-0.1, -0.05) is 32.0 Å². The topological polar surface area (TPSA) is 46.2 Å². The lowest BCUT2D eigenvalue weighted by Gasteiger charge is -2.10. The molecule has 0 aromatic heterocycles. The molecule has 2 aromatic carbocycles. The quantitative estimate of drug-likeness (QED) is 0.842. The second-order valence-electron chi connectivity index (χ2n) is 5.38. The summed E-state index contributed by atoms with van der Waals surface area (Å²) in [6.45, 7) is 3.48. The van der Waals surface area contributed by atoms with Gasteiger partial charge in [-0.15, -0.1) is 0 Å². The van der Waals surface area contributed by atoms with Gasteiger partial charge in [-0.25, -0.2) is 26.3 Å². The van der Waals surface area contributed by atoms with Crippen LogP contribution >= 0.6 is 0 Å². The van der Waals surface area contributed by atoms with Gasteiger partial charge in [-0.2, -0.15) is 0 Å². The average molecular weight is 343 g/mol. The first-order chi connectivity index (χ1) is 10.7. The van der Waals surface area contributed by atoms with Gasteiger partial charge in [0.1, 0.15) is 0 Å². The lowest BCUT2D eigenvalue weighted by Crippen LogP contribution is -2.24. The summed E-state index contributed by atoms with van der Waals surface area (Å²) in [6, 6.07) is 8.02. The van der Waals surface area contributed by atoms with E-state index < -0.39 is 34.0 Å². The first-order valence-corrected chi connectivity index (χ1v) is 8.42. The molecule has 124 valence electrons. The van der Waals surface area contributed by atoms with Crippen molar-refractivity contribution >= 4 is 10.0 Å². The van der Waals surface area contributed by atoms with Crippen LogP contribution in [-0.2, 0) is 16.6 Å². The van der Waals surface area contributed by atoms with E-state index in [-0.39, 0.29) is 16.4 Å². The van der Waals surface area contributed by atoms with Gasteiger partial charge < -0.3 is 0 Å². The Morgan fingerprint density at radius 1 is 0.957 bits per heavy atom. The van der Waals surface area contributed by atoms with Crippen LogP contribution in [0.25, 0.3) is 0 Å². The van der Waals surface area contributed by atoms with Crippen molar-refractivity contribution in [3.8, 4) is 0 Å². The molecule has 0 aliphatic heterocycles. The highest BCUT2D eigenvalue weighted by Gasteiger charge is 2.17. The maximum Gasteiger partial charge on any atom is 0.240 e. The van der Waals surface area contributed by atoms with Crippen LogP contribution in [0.2, 0.25) is 0 Å². The van der Waals surface area contributed by atoms with Crippen molar-refractivity contribution in [1.82, 2.24) is 4.72 Å². The zero-order valence-corrected chi connectivity index (χ0v) is 13.4. The molecule has 0 unspecified atom stereocenters. The number of benzene rings is 2. The van der Waals surface area contributed by atoms with Crippen molar-refractivity contribution < 1.29 is 21.6 Å². The number of halogens is 3. The van der Waals surface area contributed by atoms with Crippen molar-refractivity contribution in [3.05, 3.63) is 65.0 Å². The summed E-state index contributed by atoms with van der Waals surface area (Å²) in [7, 11) is -3.87. The Kier molecular flexibility index (Phi) is 5.11. The third kappa shape index (κ3) is 3.92. The van der Waals surface area contributed by atoms with E-state index in [2.05, 4.69) is 4.72 Å². The molecule has 2 aromatic rings. The molecule has 0 bridgehead atoms. The number of sulfonamides is 1. The van der Waals surface area contributed by atoms with Crippen LogP contribution in [0.5, 0.6) is 0 Å². The predicted molar refractivity (Wildman–Crippen MR) is 80.9 cm³/mol. The molecule has 2 rings (SSSR count). The number of hydrogen-bond acceptors (Lipinski definition) is 2. The molecular weight excluding hydrogens is 327 g/mol. The molecule has 3 nitrogen and oxygen atoms in total. The zero-order chi connectivity index (χ0) is 17.2. The predicted octanol–water partition coefficient (Wildman–Crippen LogP) is 3.71. The Morgan fingerprint density at radius 2 is 1.57 bits per heavy atom. The number of rotatable bonds is 5. The fourth-order valence-corrected chi connectivity index (χ4v) is 3.00. The first-order valence-electron chi connectivity index (χ1n) is 6.94. The maximum absolute atomic E-state index is 13.5. The van der Waals surface area contributed by atoms with E-state index in [1.807, 2.05) is 13.8 Å². The summed E-state index contributed by atoms with van der Waals surface area (Å²) in [6.07, 6.45) is 0. The van der Waals surface area contributed by atoms with Crippen molar-refractivity contribution in [2.75, 3.05) is 0 Å². The van der Waals surface area contributed by atoms with Crippen LogP contribution < -0.4 is 4.72 Å². The molecule has 0 saturated heterocycles. The Hall–Kier alpha value is -1.86. The zero-order valence-electron chi connectivity index (χ0n) is 12.6. The van der Waals surface area contributed by atoms with Crippen LogP contribution in [0.15, 0.2) is 41.3 Å². The molecule has 0 heterocycles. The van der Waals surface area contributed by atoms with E-state index in [0.717, 1.165) is 17.7 Å². The molecule has 1 N–H and O–H groups in total. The van der Waals surface area contributed by atoms with E-state index >= 15 is 0 Å². The highest BCUT2D eigenvalue weighted by atomic mass is 32.2. The van der Waals surface area contributed by atoms with E-state index in [1.165, 1.54) is 12.1 Å². The van der Waals surface area contributed by atoms with Crippen molar-refractivity contribution in [2.45, 2.75) is 31.2 Å². The van der Waals surface area contributed by atoms with Gasteiger partial charge in [-0.3, -0.25) is 0 Å². The van der Waals surface area contributed by atoms with Gasteiger partial charge in [0.15, 0.2) is 17.5 Å². The highest BCUT2D eigenvalue weighted by Crippen LogP contribution is 2.19. The molecule has 0 fully saturated rings. The molecule has 0 aliphatic carbocycles. The number of nitrogens with one attached hydrogen (secondary N) is 1. The minimum absolute atomic E-state index is 0.0184. The van der Waals surface area contributed by atoms with Crippen molar-refractivity contribution in [1.29, 1.82) is 0 Å². The normalized spacial score (nSPS) is 11.9. The second kappa shape index (κ2) is 6.72. The Morgan fingerprint density at radius 3 is 2.13 bits per heavy atom. The monoisotopic (exact) mass is 343 g/mol. The van der Waals surface area contributed by atoms with Crippen molar-refractivity contribution in [3.63, 3.8) is 0 Å². The summed E-state index contributed by atoms with van der Waals surface area (Å²) in [5.41, 5.74) is 0.710. The van der Waals surface area contributed by atoms with Gasteiger partial charge in [0, 0.05) is 12.1 Å². The summed E-state index contributed by atoms with van der Waals surface area (Å²) < 4.78 is 66.0. The highest BCUT2D eigenvalue weighted by molar-refractivity contribution is 7.89. The first kappa shape index (κ1) is 17.5. The van der Waals surface area contributed by atoms with Crippen LogP contribution in [0, 0.1) is 17.5 Å². The Labute approximate surface area is 133 Å². The molecule has 7 heteroatoms. The summed E-state index contributed by atoms with van der Waals surface area (Å²) in [5, 5.41) is 0. The largest absolute Gasteiger partial charge is 0.240 e. The smallest absolute Gasteiger partial charge is 0.207 e. The standard InChI is InChI=1S/C16H16F3NO2S/c1-10(2)11-3-6-13(7-4-11)23(21,22)20-9-12-5-8-14(17)16(19)15(12)18/h3-8,10,20H,9H2,1-2H3. The molecule has 0 aliphatic rings. The summed E-state index contributed by atoms with van der Waals surface area (Å²) >= 11 is 0. The molecule has 0 atom stereocenters. The molecule has 0 spiro atoms. The van der Waals surface area contributed by atoms with Crippen molar-refractivity contribution in [2.24, 2.45) is 0 Å². The van der Waals surface area contributed by atoms with Gasteiger partial charge in [0.2, 0.25) is 10.0 Å².